The van der Waals surface area contributed by atoms with Gasteiger partial charge < -0.3 is 15.4 Å². The van der Waals surface area contributed by atoms with E-state index in [4.69, 9.17) is 10.5 Å². The second-order valence-corrected chi connectivity index (χ2v) is 5.18. The van der Waals surface area contributed by atoms with Crippen molar-refractivity contribution in [2.24, 2.45) is 0 Å². The molecule has 3 heterocycles. The average molecular weight is 296 g/mol. The maximum absolute atomic E-state index is 5.67. The van der Waals surface area contributed by atoms with Gasteiger partial charge in [0, 0.05) is 24.3 Å². The van der Waals surface area contributed by atoms with Crippen molar-refractivity contribution in [3.8, 4) is 11.3 Å². The number of nitrogens with zero attached hydrogens (tertiary/aromatic N) is 5. The number of fused-ring (bicyclic) bond motifs is 1. The van der Waals surface area contributed by atoms with Crippen molar-refractivity contribution in [2.45, 2.75) is 0 Å². The molecule has 0 radical (unpaired) electrons. The van der Waals surface area contributed by atoms with E-state index in [0.717, 1.165) is 37.6 Å². The molecule has 1 saturated heterocycles. The standard InChI is InChI=1S/C15H16N6O/c16-15-18-14-10-17-9-13(21(14)19-15)11-1-3-12(4-2-11)20-5-7-22-8-6-20/h1-4,9-10H,5-8H2,(H2,16,19). The first-order valence-corrected chi connectivity index (χ1v) is 7.21. The molecule has 1 aliphatic rings. The first-order valence-electron chi connectivity index (χ1n) is 7.21. The van der Waals surface area contributed by atoms with Gasteiger partial charge >= 0.3 is 0 Å². The second-order valence-electron chi connectivity index (χ2n) is 5.18. The molecule has 0 unspecified atom stereocenters. The topological polar surface area (TPSA) is 81.6 Å². The highest BCUT2D eigenvalue weighted by Crippen LogP contribution is 2.23. The van der Waals surface area contributed by atoms with E-state index >= 15 is 0 Å². The van der Waals surface area contributed by atoms with Crippen LogP contribution in [0, 0.1) is 0 Å². The zero-order chi connectivity index (χ0) is 14.9. The highest BCUT2D eigenvalue weighted by molar-refractivity contribution is 5.65. The third-order valence-corrected chi connectivity index (χ3v) is 3.80. The Morgan fingerprint density at radius 1 is 1.05 bits per heavy atom. The van der Waals surface area contributed by atoms with Crippen molar-refractivity contribution >= 4 is 17.3 Å². The summed E-state index contributed by atoms with van der Waals surface area (Å²) < 4.78 is 7.10. The molecule has 7 heteroatoms. The van der Waals surface area contributed by atoms with Crippen molar-refractivity contribution in [2.75, 3.05) is 36.9 Å². The number of aromatic nitrogens is 4. The summed E-state index contributed by atoms with van der Waals surface area (Å²) in [4.78, 5) is 10.7. The lowest BCUT2D eigenvalue weighted by molar-refractivity contribution is 0.122. The van der Waals surface area contributed by atoms with Crippen LogP contribution in [0.2, 0.25) is 0 Å². The maximum Gasteiger partial charge on any atom is 0.240 e. The first-order chi connectivity index (χ1) is 10.8. The summed E-state index contributed by atoms with van der Waals surface area (Å²) in [6.07, 6.45) is 3.42. The number of rotatable bonds is 2. The van der Waals surface area contributed by atoms with Gasteiger partial charge in [-0.3, -0.25) is 4.98 Å². The third kappa shape index (κ3) is 2.25. The van der Waals surface area contributed by atoms with Crippen LogP contribution in [0.4, 0.5) is 11.6 Å². The smallest absolute Gasteiger partial charge is 0.240 e. The lowest BCUT2D eigenvalue weighted by atomic mass is 10.1. The van der Waals surface area contributed by atoms with Crippen LogP contribution in [-0.4, -0.2) is 45.9 Å². The van der Waals surface area contributed by atoms with Crippen LogP contribution < -0.4 is 10.6 Å². The molecule has 1 aliphatic heterocycles. The SMILES string of the molecule is Nc1nc2cncc(-c3ccc(N4CCOCC4)cc3)n2n1. The lowest BCUT2D eigenvalue weighted by Crippen LogP contribution is -2.36. The average Bonchev–Trinajstić information content (AvgIpc) is 2.96. The number of benzene rings is 1. The molecule has 0 amide bonds. The summed E-state index contributed by atoms with van der Waals surface area (Å²) in [7, 11) is 0. The van der Waals surface area contributed by atoms with Crippen LogP contribution in [0.5, 0.6) is 0 Å². The van der Waals surface area contributed by atoms with Crippen LogP contribution in [-0.2, 0) is 4.74 Å². The molecular weight excluding hydrogens is 280 g/mol. The molecule has 4 rings (SSSR count). The molecule has 0 aliphatic carbocycles. The summed E-state index contributed by atoms with van der Waals surface area (Å²) in [5, 5.41) is 4.22. The van der Waals surface area contributed by atoms with Crippen LogP contribution in [0.3, 0.4) is 0 Å². The molecule has 2 N–H and O–H groups in total. The first kappa shape index (κ1) is 13.0. The van der Waals surface area contributed by atoms with Crippen LogP contribution in [0.25, 0.3) is 16.9 Å². The molecule has 0 spiro atoms. The predicted octanol–water partition coefficient (Wildman–Crippen LogP) is 1.21. The van der Waals surface area contributed by atoms with E-state index in [-0.39, 0.29) is 5.95 Å². The van der Waals surface area contributed by atoms with Gasteiger partial charge in [0.05, 0.1) is 31.3 Å². The van der Waals surface area contributed by atoms with Gasteiger partial charge in [-0.25, -0.2) is 4.52 Å². The maximum atomic E-state index is 5.67. The van der Waals surface area contributed by atoms with Gasteiger partial charge in [-0.05, 0) is 12.1 Å². The van der Waals surface area contributed by atoms with Gasteiger partial charge in [0.25, 0.3) is 0 Å². The van der Waals surface area contributed by atoms with Crippen molar-refractivity contribution < 1.29 is 4.74 Å². The summed E-state index contributed by atoms with van der Waals surface area (Å²) in [6, 6.07) is 8.36. The van der Waals surface area contributed by atoms with Crippen molar-refractivity contribution in [1.29, 1.82) is 0 Å². The summed E-state index contributed by atoms with van der Waals surface area (Å²) in [5.74, 6) is 0.249. The molecule has 3 aromatic rings. The normalized spacial score (nSPS) is 15.4. The number of anilines is 2. The van der Waals surface area contributed by atoms with E-state index in [1.165, 1.54) is 5.69 Å². The van der Waals surface area contributed by atoms with Gasteiger partial charge in [0.1, 0.15) is 0 Å². The highest BCUT2D eigenvalue weighted by Gasteiger charge is 2.12. The number of morpholine rings is 1. The number of hydrogen-bond donors (Lipinski definition) is 1. The fourth-order valence-electron chi connectivity index (χ4n) is 2.69. The fraction of sp³-hybridized carbons (Fsp3) is 0.267. The molecule has 22 heavy (non-hydrogen) atoms. The largest absolute Gasteiger partial charge is 0.378 e. The van der Waals surface area contributed by atoms with E-state index in [0.29, 0.717) is 5.65 Å². The van der Waals surface area contributed by atoms with Gasteiger partial charge in [0.15, 0.2) is 5.65 Å². The summed E-state index contributed by atoms with van der Waals surface area (Å²) >= 11 is 0. The number of nitrogens with two attached hydrogens (primary N) is 1. The Balaban J connectivity index is 1.69. The Kier molecular flexibility index (Phi) is 3.12. The van der Waals surface area contributed by atoms with Gasteiger partial charge in [-0.15, -0.1) is 5.10 Å². The van der Waals surface area contributed by atoms with Crippen LogP contribution in [0.1, 0.15) is 0 Å². The molecule has 0 bridgehead atoms. The van der Waals surface area contributed by atoms with Crippen molar-refractivity contribution in [3.05, 3.63) is 36.7 Å². The molecule has 0 saturated carbocycles. The molecule has 0 atom stereocenters. The minimum Gasteiger partial charge on any atom is -0.378 e. The van der Waals surface area contributed by atoms with Gasteiger partial charge in [-0.2, -0.15) is 4.98 Å². The Hall–Kier alpha value is -2.67. The molecule has 7 nitrogen and oxygen atoms in total. The zero-order valence-electron chi connectivity index (χ0n) is 12.0. The van der Waals surface area contributed by atoms with Gasteiger partial charge in [-0.1, -0.05) is 12.1 Å². The molecular formula is C15H16N6O. The Labute approximate surface area is 127 Å². The zero-order valence-corrected chi connectivity index (χ0v) is 12.0. The lowest BCUT2D eigenvalue weighted by Gasteiger charge is -2.28. The van der Waals surface area contributed by atoms with E-state index in [2.05, 4.69) is 44.2 Å². The van der Waals surface area contributed by atoms with Crippen molar-refractivity contribution in [3.63, 3.8) is 0 Å². The summed E-state index contributed by atoms with van der Waals surface area (Å²) in [5.41, 5.74) is 9.41. The van der Waals surface area contributed by atoms with E-state index in [1.807, 2.05) is 0 Å². The minimum absolute atomic E-state index is 0.249. The molecule has 1 fully saturated rings. The number of hydrogen-bond acceptors (Lipinski definition) is 6. The Morgan fingerprint density at radius 3 is 2.59 bits per heavy atom. The number of nitrogen functional groups attached to an aromatic ring is 1. The van der Waals surface area contributed by atoms with Crippen LogP contribution >= 0.6 is 0 Å². The second kappa shape index (κ2) is 5.27. The van der Waals surface area contributed by atoms with E-state index in [1.54, 1.807) is 16.9 Å². The quantitative estimate of drug-likeness (QED) is 0.765. The summed E-state index contributed by atoms with van der Waals surface area (Å²) in [6.45, 7) is 3.42. The Bertz CT molecular complexity index is 791. The molecule has 1 aromatic carbocycles. The van der Waals surface area contributed by atoms with Crippen LogP contribution in [0.15, 0.2) is 36.7 Å². The molecule has 112 valence electrons. The van der Waals surface area contributed by atoms with Crippen molar-refractivity contribution in [1.82, 2.24) is 19.6 Å². The fourth-order valence-corrected chi connectivity index (χ4v) is 2.69. The Morgan fingerprint density at radius 2 is 1.82 bits per heavy atom. The van der Waals surface area contributed by atoms with E-state index < -0.39 is 0 Å². The van der Waals surface area contributed by atoms with Gasteiger partial charge in [0.2, 0.25) is 5.95 Å². The monoisotopic (exact) mass is 296 g/mol. The number of ether oxygens (including phenoxy) is 1. The highest BCUT2D eigenvalue weighted by atomic mass is 16.5. The predicted molar refractivity (Wildman–Crippen MR) is 83.7 cm³/mol. The van der Waals surface area contributed by atoms with E-state index in [9.17, 15) is 0 Å². The minimum atomic E-state index is 0.249. The third-order valence-electron chi connectivity index (χ3n) is 3.80. The molecule has 2 aromatic heterocycles.